The molecule has 5 heteroatoms. The lowest BCUT2D eigenvalue weighted by atomic mass is 9.98. The minimum Gasteiger partial charge on any atom is -0.460 e. The summed E-state index contributed by atoms with van der Waals surface area (Å²) in [6, 6.07) is 26.4. The predicted octanol–water partition coefficient (Wildman–Crippen LogP) is 5.85. The molecule has 0 aliphatic heterocycles. The van der Waals surface area contributed by atoms with Crippen LogP contribution in [-0.4, -0.2) is 29.4 Å². The van der Waals surface area contributed by atoms with Gasteiger partial charge in [0.05, 0.1) is 11.6 Å². The number of hydrogen-bond donors (Lipinski definition) is 0. The molecule has 3 aromatic rings. The van der Waals surface area contributed by atoms with E-state index < -0.39 is 12.0 Å². The van der Waals surface area contributed by atoms with Gasteiger partial charge in [-0.05, 0) is 40.3 Å². The molecule has 178 valence electrons. The summed E-state index contributed by atoms with van der Waals surface area (Å²) >= 11 is 0. The van der Waals surface area contributed by atoms with Crippen LogP contribution in [0.4, 0.5) is 0 Å². The number of amides is 1. The van der Waals surface area contributed by atoms with E-state index in [1.54, 1.807) is 17.0 Å². The fourth-order valence-corrected chi connectivity index (χ4v) is 3.95. The molecular formula is C30H30N2O3. The van der Waals surface area contributed by atoms with Crippen LogP contribution in [0.5, 0.6) is 0 Å². The summed E-state index contributed by atoms with van der Waals surface area (Å²) in [6.45, 7) is 5.70. The van der Waals surface area contributed by atoms with E-state index in [4.69, 9.17) is 4.74 Å². The van der Waals surface area contributed by atoms with Crippen LogP contribution in [0.25, 0.3) is 17.2 Å². The number of benzene rings is 3. The molecule has 0 spiro atoms. The monoisotopic (exact) mass is 466 g/mol. The van der Waals surface area contributed by atoms with Crippen molar-refractivity contribution in [1.82, 2.24) is 4.90 Å². The standard InChI is InChI=1S/C30H30N2O3/c1-22(2)29(30(34)35-19-9-12-24-10-5-4-6-11-24)32(23(3)33)21-25-15-17-26(18-16-25)28-14-8-7-13-27(28)20-31/h4-18,22,29H,19,21H2,1-3H3. The van der Waals surface area contributed by atoms with Gasteiger partial charge in [-0.2, -0.15) is 5.26 Å². The van der Waals surface area contributed by atoms with Gasteiger partial charge in [0.2, 0.25) is 5.91 Å². The number of nitrogens with zero attached hydrogens (tertiary/aromatic N) is 2. The van der Waals surface area contributed by atoms with Crippen LogP contribution in [0, 0.1) is 17.2 Å². The molecule has 0 saturated heterocycles. The molecule has 0 saturated carbocycles. The quantitative estimate of drug-likeness (QED) is 0.371. The maximum Gasteiger partial charge on any atom is 0.329 e. The van der Waals surface area contributed by atoms with Gasteiger partial charge in [0.1, 0.15) is 12.6 Å². The van der Waals surface area contributed by atoms with Gasteiger partial charge in [-0.15, -0.1) is 0 Å². The summed E-state index contributed by atoms with van der Waals surface area (Å²) in [7, 11) is 0. The average Bonchev–Trinajstić information content (AvgIpc) is 2.87. The topological polar surface area (TPSA) is 70.4 Å². The zero-order valence-corrected chi connectivity index (χ0v) is 20.3. The number of ether oxygens (including phenoxy) is 1. The molecular weight excluding hydrogens is 436 g/mol. The van der Waals surface area contributed by atoms with E-state index >= 15 is 0 Å². The normalized spacial score (nSPS) is 11.7. The lowest BCUT2D eigenvalue weighted by Gasteiger charge is -2.32. The van der Waals surface area contributed by atoms with Gasteiger partial charge in [0, 0.05) is 13.5 Å². The molecule has 0 radical (unpaired) electrons. The van der Waals surface area contributed by atoms with Crippen molar-refractivity contribution in [3.8, 4) is 17.2 Å². The number of carbonyl (C=O) groups is 2. The number of nitriles is 1. The Morgan fingerprint density at radius 2 is 1.63 bits per heavy atom. The maximum atomic E-state index is 13.0. The van der Waals surface area contributed by atoms with E-state index in [-0.39, 0.29) is 25.0 Å². The molecule has 1 unspecified atom stereocenters. The second-order valence-corrected chi connectivity index (χ2v) is 8.63. The van der Waals surface area contributed by atoms with Crippen molar-refractivity contribution < 1.29 is 14.3 Å². The van der Waals surface area contributed by atoms with Crippen molar-refractivity contribution in [1.29, 1.82) is 5.26 Å². The van der Waals surface area contributed by atoms with Gasteiger partial charge in [0.25, 0.3) is 0 Å². The molecule has 0 N–H and O–H groups in total. The highest BCUT2D eigenvalue weighted by Gasteiger charge is 2.32. The Morgan fingerprint density at radius 3 is 2.26 bits per heavy atom. The first kappa shape index (κ1) is 25.5. The molecule has 3 rings (SSSR count). The molecule has 35 heavy (non-hydrogen) atoms. The molecule has 1 amide bonds. The van der Waals surface area contributed by atoms with Crippen LogP contribution < -0.4 is 0 Å². The lowest BCUT2D eigenvalue weighted by Crippen LogP contribution is -2.47. The summed E-state index contributed by atoms with van der Waals surface area (Å²) in [5.74, 6) is -0.738. The highest BCUT2D eigenvalue weighted by atomic mass is 16.5. The smallest absolute Gasteiger partial charge is 0.329 e. The molecule has 0 bridgehead atoms. The van der Waals surface area contributed by atoms with Crippen molar-refractivity contribution in [2.75, 3.05) is 6.61 Å². The molecule has 5 nitrogen and oxygen atoms in total. The van der Waals surface area contributed by atoms with Crippen molar-refractivity contribution in [3.63, 3.8) is 0 Å². The van der Waals surface area contributed by atoms with E-state index in [0.29, 0.717) is 5.56 Å². The first-order valence-electron chi connectivity index (χ1n) is 11.6. The van der Waals surface area contributed by atoms with Crippen LogP contribution in [0.2, 0.25) is 0 Å². The molecule has 0 fully saturated rings. The first-order valence-corrected chi connectivity index (χ1v) is 11.6. The van der Waals surface area contributed by atoms with E-state index in [2.05, 4.69) is 6.07 Å². The van der Waals surface area contributed by atoms with Crippen molar-refractivity contribution in [2.45, 2.75) is 33.4 Å². The van der Waals surface area contributed by atoms with E-state index in [9.17, 15) is 14.9 Å². The van der Waals surface area contributed by atoms with Crippen molar-refractivity contribution >= 4 is 18.0 Å². The van der Waals surface area contributed by atoms with Crippen LogP contribution in [0.1, 0.15) is 37.5 Å². The van der Waals surface area contributed by atoms with Crippen molar-refractivity contribution in [2.24, 2.45) is 5.92 Å². The molecule has 0 aliphatic carbocycles. The summed E-state index contributed by atoms with van der Waals surface area (Å²) in [4.78, 5) is 27.1. The minimum absolute atomic E-state index is 0.119. The van der Waals surface area contributed by atoms with Crippen LogP contribution in [0.15, 0.2) is 84.9 Å². The SMILES string of the molecule is CC(=O)N(Cc1ccc(-c2ccccc2C#N)cc1)C(C(=O)OCC=Cc1ccccc1)C(C)C. The Labute approximate surface area is 207 Å². The zero-order chi connectivity index (χ0) is 25.2. The van der Waals surface area contributed by atoms with Gasteiger partial charge in [0.15, 0.2) is 0 Å². The van der Waals surface area contributed by atoms with Gasteiger partial charge in [-0.3, -0.25) is 4.79 Å². The fourth-order valence-electron chi connectivity index (χ4n) is 3.95. The van der Waals surface area contributed by atoms with E-state index in [1.807, 2.05) is 92.7 Å². The Hall–Kier alpha value is -4.17. The predicted molar refractivity (Wildman–Crippen MR) is 138 cm³/mol. The highest BCUT2D eigenvalue weighted by Crippen LogP contribution is 2.24. The first-order chi connectivity index (χ1) is 16.9. The van der Waals surface area contributed by atoms with Gasteiger partial charge in [-0.1, -0.05) is 92.7 Å². The largest absolute Gasteiger partial charge is 0.460 e. The molecule has 0 aromatic heterocycles. The van der Waals surface area contributed by atoms with Crippen LogP contribution in [-0.2, 0) is 20.9 Å². The molecule has 1 atom stereocenters. The number of esters is 1. The number of carbonyl (C=O) groups excluding carboxylic acids is 2. The van der Waals surface area contributed by atoms with Gasteiger partial charge >= 0.3 is 5.97 Å². The van der Waals surface area contributed by atoms with Gasteiger partial charge in [-0.25, -0.2) is 4.79 Å². The number of rotatable bonds is 9. The van der Waals surface area contributed by atoms with Crippen LogP contribution in [0.3, 0.4) is 0 Å². The zero-order valence-electron chi connectivity index (χ0n) is 20.3. The van der Waals surface area contributed by atoms with Crippen LogP contribution >= 0.6 is 0 Å². The summed E-state index contributed by atoms with van der Waals surface area (Å²) in [6.07, 6.45) is 3.69. The van der Waals surface area contributed by atoms with E-state index in [1.165, 1.54) is 6.92 Å². The highest BCUT2D eigenvalue weighted by molar-refractivity contribution is 5.83. The Kier molecular flexibility index (Phi) is 8.97. The summed E-state index contributed by atoms with van der Waals surface area (Å²) < 4.78 is 5.51. The Bertz CT molecular complexity index is 1210. The maximum absolute atomic E-state index is 13.0. The second-order valence-electron chi connectivity index (χ2n) is 8.63. The molecule has 0 heterocycles. The molecule has 3 aromatic carbocycles. The molecule has 0 aliphatic rings. The number of hydrogen-bond acceptors (Lipinski definition) is 4. The Balaban J connectivity index is 1.71. The summed E-state index contributed by atoms with van der Waals surface area (Å²) in [5, 5.41) is 9.37. The lowest BCUT2D eigenvalue weighted by molar-refractivity contribution is -0.156. The second kappa shape index (κ2) is 12.3. The third-order valence-corrected chi connectivity index (χ3v) is 5.71. The fraction of sp³-hybridized carbons (Fsp3) is 0.233. The average molecular weight is 467 g/mol. The van der Waals surface area contributed by atoms with E-state index in [0.717, 1.165) is 22.3 Å². The third kappa shape index (κ3) is 6.91. The summed E-state index contributed by atoms with van der Waals surface area (Å²) in [5.41, 5.74) is 4.30. The van der Waals surface area contributed by atoms with Gasteiger partial charge < -0.3 is 9.64 Å². The third-order valence-electron chi connectivity index (χ3n) is 5.71. The Morgan fingerprint density at radius 1 is 0.971 bits per heavy atom. The van der Waals surface area contributed by atoms with Crippen molar-refractivity contribution in [3.05, 3.63) is 102 Å². The minimum atomic E-state index is -0.698.